The van der Waals surface area contributed by atoms with Crippen LogP contribution in [0.1, 0.15) is 41.9 Å². The van der Waals surface area contributed by atoms with Crippen LogP contribution in [0.15, 0.2) is 59.8 Å². The molecule has 27 heavy (non-hydrogen) atoms. The van der Waals surface area contributed by atoms with Gasteiger partial charge in [0.05, 0.1) is 18.0 Å². The average Bonchev–Trinajstić information content (AvgIpc) is 3.47. The summed E-state index contributed by atoms with van der Waals surface area (Å²) >= 11 is 1.39. The number of nitrogens with zero attached hydrogens (tertiary/aromatic N) is 3. The Hall–Kier alpha value is -2.60. The maximum Gasteiger partial charge on any atom is 0.209 e. The zero-order valence-electron chi connectivity index (χ0n) is 15.2. The summed E-state index contributed by atoms with van der Waals surface area (Å²) in [5.74, 6) is 2.63. The van der Waals surface area contributed by atoms with Crippen molar-refractivity contribution in [1.82, 2.24) is 14.8 Å². The maximum atomic E-state index is 12.5. The number of thioether (sulfide) groups is 1. The zero-order valence-corrected chi connectivity index (χ0v) is 16.0. The average molecular weight is 379 g/mol. The Morgan fingerprint density at radius 2 is 1.89 bits per heavy atom. The Morgan fingerprint density at radius 3 is 2.56 bits per heavy atom. The second-order valence-electron chi connectivity index (χ2n) is 6.44. The summed E-state index contributed by atoms with van der Waals surface area (Å²) in [4.78, 5) is 17.2. The van der Waals surface area contributed by atoms with E-state index in [2.05, 4.69) is 5.10 Å². The van der Waals surface area contributed by atoms with Gasteiger partial charge in [-0.3, -0.25) is 4.79 Å². The van der Waals surface area contributed by atoms with E-state index in [0.717, 1.165) is 30.1 Å². The van der Waals surface area contributed by atoms with Crippen LogP contribution < -0.4 is 4.74 Å². The van der Waals surface area contributed by atoms with Gasteiger partial charge in [0, 0.05) is 11.5 Å². The second-order valence-corrected chi connectivity index (χ2v) is 7.39. The minimum Gasteiger partial charge on any atom is -0.494 e. The molecule has 0 saturated heterocycles. The molecule has 0 aliphatic heterocycles. The van der Waals surface area contributed by atoms with Crippen molar-refractivity contribution >= 4 is 17.5 Å². The highest BCUT2D eigenvalue weighted by molar-refractivity contribution is 7.99. The van der Waals surface area contributed by atoms with E-state index in [1.165, 1.54) is 11.8 Å². The van der Waals surface area contributed by atoms with Crippen LogP contribution in [-0.2, 0) is 0 Å². The lowest BCUT2D eigenvalue weighted by Gasteiger charge is -2.04. The molecule has 1 aromatic heterocycles. The number of Topliss-reactive ketones (excluding diaryl/α,β-unsaturated/α-hetero) is 1. The van der Waals surface area contributed by atoms with Crippen LogP contribution >= 0.6 is 11.8 Å². The Balaban J connectivity index is 1.46. The molecule has 0 bridgehead atoms. The molecule has 1 aliphatic rings. The number of carbonyl (C=O) groups excluding carboxylic acids is 1. The Bertz CT molecular complexity index is 918. The lowest BCUT2D eigenvalue weighted by Crippen LogP contribution is -2.03. The summed E-state index contributed by atoms with van der Waals surface area (Å²) in [6, 6.07) is 17.3. The minimum absolute atomic E-state index is 0.0621. The molecule has 0 spiro atoms. The van der Waals surface area contributed by atoms with Crippen LogP contribution in [0.2, 0.25) is 0 Å². The number of rotatable bonds is 8. The highest BCUT2D eigenvalue weighted by Crippen LogP contribution is 2.40. The van der Waals surface area contributed by atoms with Crippen LogP contribution in [0.25, 0.3) is 5.69 Å². The van der Waals surface area contributed by atoms with E-state index in [0.29, 0.717) is 29.0 Å². The predicted molar refractivity (Wildman–Crippen MR) is 106 cm³/mol. The van der Waals surface area contributed by atoms with Crippen molar-refractivity contribution in [2.45, 2.75) is 30.8 Å². The number of ether oxygens (including phenoxy) is 1. The molecule has 4 rings (SSSR count). The number of aromatic nitrogens is 3. The predicted octanol–water partition coefficient (Wildman–Crippen LogP) is 4.52. The zero-order chi connectivity index (χ0) is 18.6. The smallest absolute Gasteiger partial charge is 0.209 e. The fourth-order valence-corrected chi connectivity index (χ4v) is 3.57. The quantitative estimate of drug-likeness (QED) is 0.425. The third kappa shape index (κ3) is 4.22. The van der Waals surface area contributed by atoms with E-state index >= 15 is 0 Å². The lowest BCUT2D eigenvalue weighted by molar-refractivity contribution is 0.102. The van der Waals surface area contributed by atoms with Gasteiger partial charge >= 0.3 is 0 Å². The first-order chi connectivity index (χ1) is 13.2. The number of hydrogen-bond donors (Lipinski definition) is 0. The van der Waals surface area contributed by atoms with Gasteiger partial charge in [-0.15, -0.1) is 5.10 Å². The van der Waals surface area contributed by atoms with Gasteiger partial charge in [-0.25, -0.2) is 9.67 Å². The van der Waals surface area contributed by atoms with Crippen LogP contribution in [0.4, 0.5) is 0 Å². The van der Waals surface area contributed by atoms with Crippen molar-refractivity contribution in [1.29, 1.82) is 0 Å². The summed E-state index contributed by atoms with van der Waals surface area (Å²) in [6.07, 6.45) is 2.31. The van der Waals surface area contributed by atoms with Gasteiger partial charge in [0.1, 0.15) is 11.6 Å². The number of para-hydroxylation sites is 1. The number of hydrogen-bond acceptors (Lipinski definition) is 5. The van der Waals surface area contributed by atoms with Crippen LogP contribution in [-0.4, -0.2) is 32.9 Å². The summed E-state index contributed by atoms with van der Waals surface area (Å²) in [6.45, 7) is 2.55. The molecule has 1 saturated carbocycles. The fourth-order valence-electron chi connectivity index (χ4n) is 2.85. The Labute approximate surface area is 162 Å². The summed E-state index contributed by atoms with van der Waals surface area (Å²) in [5, 5.41) is 5.29. The van der Waals surface area contributed by atoms with Crippen molar-refractivity contribution in [3.8, 4) is 11.4 Å². The first-order valence-corrected chi connectivity index (χ1v) is 10.1. The molecule has 5 nitrogen and oxygen atoms in total. The van der Waals surface area contributed by atoms with Gasteiger partial charge in [-0.2, -0.15) is 0 Å². The fraction of sp³-hybridized carbons (Fsp3) is 0.286. The Kier molecular flexibility index (Phi) is 5.25. The van der Waals surface area contributed by atoms with E-state index in [1.807, 2.05) is 54.1 Å². The van der Waals surface area contributed by atoms with Gasteiger partial charge in [0.15, 0.2) is 5.78 Å². The summed E-state index contributed by atoms with van der Waals surface area (Å²) in [5.41, 5.74) is 1.69. The molecular weight excluding hydrogens is 358 g/mol. The minimum atomic E-state index is 0.0621. The first-order valence-electron chi connectivity index (χ1n) is 9.16. The van der Waals surface area contributed by atoms with Crippen molar-refractivity contribution < 1.29 is 9.53 Å². The van der Waals surface area contributed by atoms with E-state index < -0.39 is 0 Å². The van der Waals surface area contributed by atoms with Gasteiger partial charge in [-0.1, -0.05) is 30.0 Å². The third-order valence-electron chi connectivity index (χ3n) is 4.38. The molecule has 2 aromatic carbocycles. The van der Waals surface area contributed by atoms with Gasteiger partial charge in [-0.05, 0) is 56.2 Å². The standard InChI is InChI=1S/C21H21N3O2S/c1-2-26-18-12-10-15(11-13-18)19(25)14-27-21-22-20(16-8-9-16)24(23-21)17-6-4-3-5-7-17/h3-7,10-13,16H,2,8-9,14H2,1H3. The van der Waals surface area contributed by atoms with Crippen LogP contribution in [0.3, 0.4) is 0 Å². The van der Waals surface area contributed by atoms with Gasteiger partial charge < -0.3 is 4.74 Å². The van der Waals surface area contributed by atoms with Crippen molar-refractivity contribution in [2.75, 3.05) is 12.4 Å². The number of carbonyl (C=O) groups is 1. The topological polar surface area (TPSA) is 57.0 Å². The molecule has 138 valence electrons. The van der Waals surface area contributed by atoms with E-state index in [1.54, 1.807) is 12.1 Å². The molecule has 0 unspecified atom stereocenters. The largest absolute Gasteiger partial charge is 0.494 e. The molecule has 6 heteroatoms. The van der Waals surface area contributed by atoms with Crippen molar-refractivity contribution in [3.05, 3.63) is 66.0 Å². The summed E-state index contributed by atoms with van der Waals surface area (Å²) < 4.78 is 7.33. The number of benzene rings is 2. The maximum absolute atomic E-state index is 12.5. The van der Waals surface area contributed by atoms with E-state index in [-0.39, 0.29) is 5.78 Å². The van der Waals surface area contributed by atoms with Crippen molar-refractivity contribution in [3.63, 3.8) is 0 Å². The second kappa shape index (κ2) is 7.96. The number of ketones is 1. The molecule has 0 radical (unpaired) electrons. The summed E-state index contributed by atoms with van der Waals surface area (Å²) in [7, 11) is 0. The molecule has 0 N–H and O–H groups in total. The van der Waals surface area contributed by atoms with Gasteiger partial charge in [0.2, 0.25) is 5.16 Å². The molecule has 1 aliphatic carbocycles. The monoisotopic (exact) mass is 379 g/mol. The lowest BCUT2D eigenvalue weighted by atomic mass is 10.1. The normalized spacial score (nSPS) is 13.5. The van der Waals surface area contributed by atoms with E-state index in [4.69, 9.17) is 9.72 Å². The first kappa shape index (κ1) is 17.8. The SMILES string of the molecule is CCOc1ccc(C(=O)CSc2nc(C3CC3)n(-c3ccccc3)n2)cc1. The molecular formula is C21H21N3O2S. The highest BCUT2D eigenvalue weighted by atomic mass is 32.2. The Morgan fingerprint density at radius 1 is 1.15 bits per heavy atom. The van der Waals surface area contributed by atoms with Crippen molar-refractivity contribution in [2.24, 2.45) is 0 Å². The molecule has 0 amide bonds. The highest BCUT2D eigenvalue weighted by Gasteiger charge is 2.30. The molecule has 0 atom stereocenters. The van der Waals surface area contributed by atoms with Crippen LogP contribution in [0.5, 0.6) is 5.75 Å². The molecule has 1 fully saturated rings. The molecule has 3 aromatic rings. The molecule has 1 heterocycles. The van der Waals surface area contributed by atoms with Gasteiger partial charge in [0.25, 0.3) is 0 Å². The van der Waals surface area contributed by atoms with E-state index in [9.17, 15) is 4.79 Å². The van der Waals surface area contributed by atoms with Crippen LogP contribution in [0, 0.1) is 0 Å². The third-order valence-corrected chi connectivity index (χ3v) is 5.21.